The average molecular weight is 237 g/mol. The molecule has 1 aromatic carbocycles. The second-order valence-corrected chi connectivity index (χ2v) is 3.25. The first kappa shape index (κ1) is 12.8. The summed E-state index contributed by atoms with van der Waals surface area (Å²) in [6.45, 7) is 1.72. The Labute approximate surface area is 97.3 Å². The maximum atomic E-state index is 11.3. The van der Waals surface area contributed by atoms with Crippen molar-refractivity contribution in [3.05, 3.63) is 39.9 Å². The lowest BCUT2D eigenvalue weighted by Gasteiger charge is -2.01. The first-order chi connectivity index (χ1) is 8.04. The molecule has 0 saturated heterocycles. The molecule has 1 rings (SSSR count). The average Bonchev–Trinajstić information content (AvgIpc) is 2.29. The predicted molar refractivity (Wildman–Crippen MR) is 58.4 cm³/mol. The summed E-state index contributed by atoms with van der Waals surface area (Å²) < 4.78 is 4.53. The van der Waals surface area contributed by atoms with Crippen LogP contribution in [0.4, 0.5) is 5.69 Å². The van der Waals surface area contributed by atoms with Gasteiger partial charge in [0.25, 0.3) is 5.69 Å². The second-order valence-electron chi connectivity index (χ2n) is 3.25. The van der Waals surface area contributed by atoms with Gasteiger partial charge in [-0.1, -0.05) is 12.1 Å². The van der Waals surface area contributed by atoms with Crippen LogP contribution in [0.25, 0.3) is 0 Å². The van der Waals surface area contributed by atoms with Crippen molar-refractivity contribution in [3.63, 3.8) is 0 Å². The van der Waals surface area contributed by atoms with Crippen LogP contribution in [0.2, 0.25) is 0 Å². The summed E-state index contributed by atoms with van der Waals surface area (Å²) >= 11 is 0. The zero-order valence-corrected chi connectivity index (χ0v) is 9.21. The fourth-order valence-electron chi connectivity index (χ4n) is 1.25. The van der Waals surface area contributed by atoms with E-state index in [4.69, 9.17) is 0 Å². The fraction of sp³-hybridized carbons (Fsp3) is 0.273. The Morgan fingerprint density at radius 1 is 1.41 bits per heavy atom. The van der Waals surface area contributed by atoms with Gasteiger partial charge < -0.3 is 4.74 Å². The Bertz CT molecular complexity index is 455. The van der Waals surface area contributed by atoms with Crippen molar-refractivity contribution >= 4 is 17.4 Å². The van der Waals surface area contributed by atoms with E-state index in [1.807, 2.05) is 0 Å². The molecule has 0 aliphatic heterocycles. The second kappa shape index (κ2) is 5.74. The molecule has 1 aromatic rings. The summed E-state index contributed by atoms with van der Waals surface area (Å²) in [4.78, 5) is 32.3. The van der Waals surface area contributed by atoms with Crippen LogP contribution in [0.5, 0.6) is 0 Å². The van der Waals surface area contributed by atoms with Gasteiger partial charge in [-0.2, -0.15) is 0 Å². The summed E-state index contributed by atoms with van der Waals surface area (Å²) in [7, 11) is 0. The SMILES string of the molecule is CCOC(=O)C(=O)Cc1cccc([N+](=O)[O-])c1. The van der Waals surface area contributed by atoms with Gasteiger partial charge in [0.1, 0.15) is 0 Å². The van der Waals surface area contributed by atoms with Crippen LogP contribution in [-0.2, 0) is 20.7 Å². The number of esters is 1. The Morgan fingerprint density at radius 2 is 2.12 bits per heavy atom. The summed E-state index contributed by atoms with van der Waals surface area (Å²) in [6.07, 6.45) is -0.194. The number of nitro groups is 1. The van der Waals surface area contributed by atoms with Crippen molar-refractivity contribution in [2.75, 3.05) is 6.61 Å². The molecule has 0 N–H and O–H groups in total. The van der Waals surface area contributed by atoms with Crippen LogP contribution in [0, 0.1) is 10.1 Å². The third kappa shape index (κ3) is 3.67. The van der Waals surface area contributed by atoms with E-state index in [0.29, 0.717) is 5.56 Å². The number of benzene rings is 1. The highest BCUT2D eigenvalue weighted by Gasteiger charge is 2.16. The fourth-order valence-corrected chi connectivity index (χ4v) is 1.25. The Morgan fingerprint density at radius 3 is 2.71 bits per heavy atom. The molecule has 0 aromatic heterocycles. The molecule has 0 atom stereocenters. The quantitative estimate of drug-likeness (QED) is 0.333. The Hall–Kier alpha value is -2.24. The minimum atomic E-state index is -0.918. The number of hydrogen-bond acceptors (Lipinski definition) is 5. The minimum absolute atomic E-state index is 0.112. The van der Waals surface area contributed by atoms with Gasteiger partial charge in [-0.05, 0) is 12.5 Å². The van der Waals surface area contributed by atoms with Crippen molar-refractivity contribution in [1.29, 1.82) is 0 Å². The van der Waals surface area contributed by atoms with Gasteiger partial charge in [-0.3, -0.25) is 14.9 Å². The van der Waals surface area contributed by atoms with Crippen molar-refractivity contribution < 1.29 is 19.2 Å². The molecule has 0 heterocycles. The third-order valence-corrected chi connectivity index (χ3v) is 1.99. The van der Waals surface area contributed by atoms with Crippen molar-refractivity contribution in [3.8, 4) is 0 Å². The number of Topliss-reactive ketones (excluding diaryl/α,β-unsaturated/α-hetero) is 1. The van der Waals surface area contributed by atoms with Gasteiger partial charge in [0.05, 0.1) is 11.5 Å². The lowest BCUT2D eigenvalue weighted by atomic mass is 10.1. The number of nitrogens with zero attached hydrogens (tertiary/aromatic N) is 1. The first-order valence-corrected chi connectivity index (χ1v) is 4.98. The number of hydrogen-bond donors (Lipinski definition) is 0. The predicted octanol–water partition coefficient (Wildman–Crippen LogP) is 1.27. The van der Waals surface area contributed by atoms with Crippen molar-refractivity contribution in [1.82, 2.24) is 0 Å². The van der Waals surface area contributed by atoms with Gasteiger partial charge in [-0.25, -0.2) is 4.79 Å². The van der Waals surface area contributed by atoms with E-state index in [9.17, 15) is 19.7 Å². The van der Waals surface area contributed by atoms with Crippen molar-refractivity contribution in [2.24, 2.45) is 0 Å². The number of rotatable bonds is 5. The maximum absolute atomic E-state index is 11.3. The molecular weight excluding hydrogens is 226 g/mol. The van der Waals surface area contributed by atoms with Crippen molar-refractivity contribution in [2.45, 2.75) is 13.3 Å². The maximum Gasteiger partial charge on any atom is 0.374 e. The zero-order chi connectivity index (χ0) is 12.8. The van der Waals surface area contributed by atoms with E-state index in [-0.39, 0.29) is 18.7 Å². The van der Waals surface area contributed by atoms with Crippen LogP contribution in [-0.4, -0.2) is 23.3 Å². The molecule has 0 spiro atoms. The summed E-state index contributed by atoms with van der Waals surface area (Å²) in [5.41, 5.74) is 0.302. The summed E-state index contributed by atoms with van der Waals surface area (Å²) in [5, 5.41) is 10.5. The largest absolute Gasteiger partial charge is 0.460 e. The molecule has 0 bridgehead atoms. The molecule has 0 fully saturated rings. The third-order valence-electron chi connectivity index (χ3n) is 1.99. The molecule has 0 radical (unpaired) electrons. The van der Waals surface area contributed by atoms with E-state index in [0.717, 1.165) is 0 Å². The highest BCUT2D eigenvalue weighted by atomic mass is 16.6. The van der Waals surface area contributed by atoms with Gasteiger partial charge in [0.15, 0.2) is 0 Å². The summed E-state index contributed by atoms with van der Waals surface area (Å²) in [6, 6.07) is 5.59. The smallest absolute Gasteiger partial charge is 0.374 e. The van der Waals surface area contributed by atoms with Crippen LogP contribution in [0.15, 0.2) is 24.3 Å². The van der Waals surface area contributed by atoms with E-state index >= 15 is 0 Å². The lowest BCUT2D eigenvalue weighted by Crippen LogP contribution is -2.19. The van der Waals surface area contributed by atoms with Gasteiger partial charge in [0.2, 0.25) is 5.78 Å². The van der Waals surface area contributed by atoms with E-state index in [2.05, 4.69) is 4.74 Å². The zero-order valence-electron chi connectivity index (χ0n) is 9.21. The Kier molecular flexibility index (Phi) is 4.33. The van der Waals surface area contributed by atoms with Crippen LogP contribution in [0.1, 0.15) is 12.5 Å². The van der Waals surface area contributed by atoms with Crippen LogP contribution >= 0.6 is 0 Å². The van der Waals surface area contributed by atoms with Gasteiger partial charge in [-0.15, -0.1) is 0 Å². The molecule has 0 amide bonds. The molecule has 90 valence electrons. The molecule has 0 unspecified atom stereocenters. The number of ether oxygens (including phenoxy) is 1. The number of ketones is 1. The topological polar surface area (TPSA) is 86.5 Å². The monoisotopic (exact) mass is 237 g/mol. The molecule has 0 saturated carbocycles. The highest BCUT2D eigenvalue weighted by Crippen LogP contribution is 2.13. The number of carbonyl (C=O) groups is 2. The summed E-state index contributed by atoms with van der Waals surface area (Å²) in [5.74, 6) is -1.63. The highest BCUT2D eigenvalue weighted by molar-refractivity contribution is 6.34. The van der Waals surface area contributed by atoms with Gasteiger partial charge in [0, 0.05) is 18.6 Å². The van der Waals surface area contributed by atoms with Gasteiger partial charge >= 0.3 is 5.97 Å². The normalized spacial score (nSPS) is 9.71. The van der Waals surface area contributed by atoms with E-state index in [1.165, 1.54) is 18.2 Å². The molecular formula is C11H11NO5. The number of nitro benzene ring substituents is 1. The standard InChI is InChI=1S/C11H11NO5/c1-2-17-11(14)10(13)7-8-4-3-5-9(6-8)12(15)16/h3-6H,2,7H2,1H3. The Balaban J connectivity index is 2.75. The van der Waals surface area contributed by atoms with Crippen LogP contribution in [0.3, 0.4) is 0 Å². The molecule has 0 aliphatic rings. The van der Waals surface area contributed by atoms with E-state index < -0.39 is 16.7 Å². The number of carbonyl (C=O) groups excluding carboxylic acids is 2. The molecule has 6 heteroatoms. The first-order valence-electron chi connectivity index (χ1n) is 4.98. The minimum Gasteiger partial charge on any atom is -0.460 e. The molecule has 0 aliphatic carbocycles. The number of non-ortho nitro benzene ring substituents is 1. The lowest BCUT2D eigenvalue weighted by molar-refractivity contribution is -0.384. The van der Waals surface area contributed by atoms with Crippen LogP contribution < -0.4 is 0 Å². The molecule has 17 heavy (non-hydrogen) atoms. The molecule has 6 nitrogen and oxygen atoms in total. The van der Waals surface area contributed by atoms with E-state index in [1.54, 1.807) is 13.0 Å².